The van der Waals surface area contributed by atoms with E-state index < -0.39 is 18.2 Å². The molecule has 0 aromatic heterocycles. The molecule has 0 aromatic rings. The van der Waals surface area contributed by atoms with Crippen LogP contribution in [0.3, 0.4) is 0 Å². The molecule has 0 aliphatic carbocycles. The van der Waals surface area contributed by atoms with Crippen molar-refractivity contribution in [3.63, 3.8) is 0 Å². The third-order valence-electron chi connectivity index (χ3n) is 10.7. The second-order valence-electron chi connectivity index (χ2n) is 14.2. The largest absolute Gasteiger partial charge is 0.481 e. The molecule has 270 valence electrons. The molecule has 0 spiro atoms. The zero-order valence-electron chi connectivity index (χ0n) is 29.3. The van der Waals surface area contributed by atoms with Crippen LogP contribution in [0.2, 0.25) is 0 Å². The highest BCUT2D eigenvalue weighted by Crippen LogP contribution is 2.64. The molecule has 4 saturated heterocycles. The van der Waals surface area contributed by atoms with Gasteiger partial charge in [0.05, 0.1) is 36.6 Å². The first-order valence-electron chi connectivity index (χ1n) is 18.3. The number of amides is 2. The van der Waals surface area contributed by atoms with E-state index in [9.17, 15) is 14.4 Å². The molecule has 0 saturated carbocycles. The van der Waals surface area contributed by atoms with Crippen molar-refractivity contribution in [1.82, 2.24) is 10.9 Å². The number of hydrogen-bond donors (Lipinski definition) is 3. The van der Waals surface area contributed by atoms with Crippen LogP contribution < -0.4 is 10.9 Å². The zero-order chi connectivity index (χ0) is 34.5. The molecule has 4 bridgehead atoms. The highest BCUT2D eigenvalue weighted by Gasteiger charge is 2.65. The van der Waals surface area contributed by atoms with E-state index in [4.69, 9.17) is 24.1 Å². The summed E-state index contributed by atoms with van der Waals surface area (Å²) in [6.07, 6.45) is 21.5. The first kappa shape index (κ1) is 37.8. The van der Waals surface area contributed by atoms with Gasteiger partial charge >= 0.3 is 18.2 Å². The minimum atomic E-state index is -0.771. The standard InChI is InChI=1S/C36H58N4O8/c1-4-7-11-16-34(17-12-9-8-10-13-31(41)42,36-19-15-30(48-36)28(23-36)25-38-40-33(44)46-21-6-3)26-35-18-14-29(47-35)27(22-35)24-37-39-32(43)45-20-5-2/h9,12,24-25,27-30H,4-8,10-11,13-23,26H2,1-3H3,(H,39,43)(H,40,44)(H,41,42)/b12-9-,37-24?,38-25?. The number of carbonyl (C=O) groups excluding carboxylic acids is 2. The molecule has 12 heteroatoms. The van der Waals surface area contributed by atoms with Crippen molar-refractivity contribution in [3.8, 4) is 0 Å². The van der Waals surface area contributed by atoms with Crippen LogP contribution in [0.4, 0.5) is 9.59 Å². The van der Waals surface area contributed by atoms with Crippen LogP contribution in [-0.2, 0) is 23.7 Å². The fraction of sp³-hybridized carbons (Fsp3) is 0.806. The lowest BCUT2D eigenvalue weighted by atomic mass is 9.56. The van der Waals surface area contributed by atoms with E-state index >= 15 is 0 Å². The SMILES string of the molecule is CCCCCC(C/C=C\CCCC(=O)O)(CC12CCC(O1)C(C=NNC(=O)OCCC)C2)C12CCC(O1)C(C=NNC(=O)OCCC)C2. The molecular weight excluding hydrogens is 616 g/mol. The lowest BCUT2D eigenvalue weighted by Crippen LogP contribution is -2.51. The number of carboxylic acids is 1. The van der Waals surface area contributed by atoms with Crippen LogP contribution in [0.1, 0.15) is 130 Å². The van der Waals surface area contributed by atoms with Crippen LogP contribution >= 0.6 is 0 Å². The Morgan fingerprint density at radius 2 is 1.50 bits per heavy atom. The van der Waals surface area contributed by atoms with Crippen LogP contribution in [-0.4, -0.2) is 72.3 Å². The fourth-order valence-electron chi connectivity index (χ4n) is 8.50. The van der Waals surface area contributed by atoms with Gasteiger partial charge < -0.3 is 24.1 Å². The van der Waals surface area contributed by atoms with Crippen LogP contribution in [0.15, 0.2) is 22.4 Å². The molecule has 12 nitrogen and oxygen atoms in total. The molecule has 4 heterocycles. The first-order chi connectivity index (χ1) is 23.2. The van der Waals surface area contributed by atoms with Gasteiger partial charge in [-0.25, -0.2) is 20.4 Å². The van der Waals surface area contributed by atoms with Crippen molar-refractivity contribution in [1.29, 1.82) is 0 Å². The van der Waals surface area contributed by atoms with Gasteiger partial charge in [0, 0.05) is 36.1 Å². The lowest BCUT2D eigenvalue weighted by Gasteiger charge is -2.50. The molecule has 48 heavy (non-hydrogen) atoms. The number of hydrogen-bond acceptors (Lipinski definition) is 9. The molecule has 4 aliphatic rings. The molecule has 7 atom stereocenters. The third kappa shape index (κ3) is 9.80. The third-order valence-corrected chi connectivity index (χ3v) is 10.7. The van der Waals surface area contributed by atoms with E-state index in [1.165, 1.54) is 0 Å². The van der Waals surface area contributed by atoms with E-state index in [0.29, 0.717) is 19.6 Å². The number of hydrazone groups is 2. The van der Waals surface area contributed by atoms with Crippen LogP contribution in [0.5, 0.6) is 0 Å². The Balaban J connectivity index is 1.55. The van der Waals surface area contributed by atoms with Gasteiger partial charge in [0.15, 0.2) is 0 Å². The van der Waals surface area contributed by atoms with Crippen molar-refractivity contribution in [3.05, 3.63) is 12.2 Å². The molecule has 4 fully saturated rings. The van der Waals surface area contributed by atoms with Crippen molar-refractivity contribution in [2.45, 2.75) is 153 Å². The van der Waals surface area contributed by atoms with Crippen LogP contribution in [0.25, 0.3) is 0 Å². The maximum atomic E-state index is 12.0. The fourth-order valence-corrected chi connectivity index (χ4v) is 8.50. The molecule has 4 aliphatic heterocycles. The van der Waals surface area contributed by atoms with Crippen LogP contribution in [0, 0.1) is 17.3 Å². The van der Waals surface area contributed by atoms with Crippen molar-refractivity contribution in [2.24, 2.45) is 27.5 Å². The van der Waals surface area contributed by atoms with Gasteiger partial charge in [-0.1, -0.05) is 52.2 Å². The maximum absolute atomic E-state index is 12.0. The molecular formula is C36H58N4O8. The van der Waals surface area contributed by atoms with Gasteiger partial charge in [-0.3, -0.25) is 4.79 Å². The van der Waals surface area contributed by atoms with Gasteiger partial charge in [-0.2, -0.15) is 10.2 Å². The Labute approximate surface area is 285 Å². The van der Waals surface area contributed by atoms with Gasteiger partial charge in [-0.15, -0.1) is 0 Å². The number of ether oxygens (including phenoxy) is 4. The lowest BCUT2D eigenvalue weighted by molar-refractivity contribution is -0.137. The summed E-state index contributed by atoms with van der Waals surface area (Å²) >= 11 is 0. The summed E-state index contributed by atoms with van der Waals surface area (Å²) in [7, 11) is 0. The van der Waals surface area contributed by atoms with E-state index in [-0.39, 0.29) is 47.1 Å². The molecule has 2 amide bonds. The number of nitrogens with one attached hydrogen (secondary N) is 2. The predicted octanol–water partition coefficient (Wildman–Crippen LogP) is 7.26. The number of rotatable bonds is 21. The number of nitrogens with zero attached hydrogens (tertiary/aromatic N) is 2. The Morgan fingerprint density at radius 1 is 0.854 bits per heavy atom. The van der Waals surface area contributed by atoms with Gasteiger partial charge in [-0.05, 0) is 83.5 Å². The number of allylic oxidation sites excluding steroid dienone is 2. The second-order valence-corrected chi connectivity index (χ2v) is 14.2. The Bertz CT molecular complexity index is 1160. The number of carboxylic acid groups (broad SMARTS) is 1. The Morgan fingerprint density at radius 3 is 2.15 bits per heavy atom. The number of aliphatic carboxylic acids is 1. The second kappa shape index (κ2) is 18.1. The normalized spacial score (nSPS) is 30.4. The van der Waals surface area contributed by atoms with E-state index in [0.717, 1.165) is 96.3 Å². The number of fused-ring (bicyclic) bond motifs is 4. The smallest absolute Gasteiger partial charge is 0.427 e. The molecule has 0 radical (unpaired) electrons. The summed E-state index contributed by atoms with van der Waals surface area (Å²) in [5, 5.41) is 17.6. The number of carbonyl (C=O) groups is 3. The van der Waals surface area contributed by atoms with Crippen molar-refractivity contribution in [2.75, 3.05) is 13.2 Å². The Hall–Kier alpha value is -2.99. The summed E-state index contributed by atoms with van der Waals surface area (Å²) in [4.78, 5) is 35.0. The quantitative estimate of drug-likeness (QED) is 0.0497. The van der Waals surface area contributed by atoms with Gasteiger partial charge in [0.1, 0.15) is 0 Å². The topological polar surface area (TPSA) is 157 Å². The summed E-state index contributed by atoms with van der Waals surface area (Å²) in [6, 6.07) is 0. The van der Waals surface area contributed by atoms with E-state index in [1.54, 1.807) is 0 Å². The monoisotopic (exact) mass is 674 g/mol. The molecule has 0 aromatic carbocycles. The predicted molar refractivity (Wildman–Crippen MR) is 183 cm³/mol. The van der Waals surface area contributed by atoms with Gasteiger partial charge in [0.25, 0.3) is 0 Å². The van der Waals surface area contributed by atoms with Crippen molar-refractivity contribution < 1.29 is 38.4 Å². The van der Waals surface area contributed by atoms with Crippen molar-refractivity contribution >= 4 is 30.6 Å². The summed E-state index contributed by atoms with van der Waals surface area (Å²) in [6.45, 7) is 6.82. The molecule has 4 rings (SSSR count). The number of unbranched alkanes of at least 4 members (excludes halogenated alkanes) is 3. The minimum absolute atomic E-state index is 0.0315. The van der Waals surface area contributed by atoms with Gasteiger partial charge in [0.2, 0.25) is 0 Å². The first-order valence-corrected chi connectivity index (χ1v) is 18.3. The Kier molecular flexibility index (Phi) is 14.3. The highest BCUT2D eigenvalue weighted by atomic mass is 16.6. The minimum Gasteiger partial charge on any atom is -0.481 e. The van der Waals surface area contributed by atoms with E-state index in [1.807, 2.05) is 26.3 Å². The average Bonchev–Trinajstić information content (AvgIpc) is 3.85. The average molecular weight is 675 g/mol. The molecule has 3 N–H and O–H groups in total. The highest BCUT2D eigenvalue weighted by molar-refractivity contribution is 5.71. The molecule has 7 unspecified atom stereocenters. The maximum Gasteiger partial charge on any atom is 0.427 e. The summed E-state index contributed by atoms with van der Waals surface area (Å²) in [5.74, 6) is -0.596. The summed E-state index contributed by atoms with van der Waals surface area (Å²) in [5.41, 5.74) is 4.11. The van der Waals surface area contributed by atoms with E-state index in [2.05, 4.69) is 40.1 Å². The zero-order valence-corrected chi connectivity index (χ0v) is 29.3. The summed E-state index contributed by atoms with van der Waals surface area (Å²) < 4.78 is 24.1.